The maximum absolute atomic E-state index is 10.1. The number of pyridine rings is 1. The van der Waals surface area contributed by atoms with Gasteiger partial charge in [-0.15, -0.1) is 0 Å². The summed E-state index contributed by atoms with van der Waals surface area (Å²) in [5.74, 6) is 0.249. The van der Waals surface area contributed by atoms with Crippen molar-refractivity contribution in [3.8, 4) is 0 Å². The average Bonchev–Trinajstić information content (AvgIpc) is 2.20. The van der Waals surface area contributed by atoms with Crippen molar-refractivity contribution in [3.05, 3.63) is 29.6 Å². The number of hydrogen-bond donors (Lipinski definition) is 2. The third-order valence-electron chi connectivity index (χ3n) is 3.18. The Morgan fingerprint density at radius 2 is 2.19 bits per heavy atom. The smallest absolute Gasteiger partial charge is 0.0766 e. The molecule has 0 aromatic carbocycles. The van der Waals surface area contributed by atoms with Crippen LogP contribution in [0.25, 0.3) is 0 Å². The summed E-state index contributed by atoms with van der Waals surface area (Å²) in [5, 5.41) is 13.4. The Bertz CT molecular complexity index is 334. The number of nitrogens with one attached hydrogen (secondary N) is 1. The monoisotopic (exact) mass is 222 g/mol. The lowest BCUT2D eigenvalue weighted by Crippen LogP contribution is -2.42. The summed E-state index contributed by atoms with van der Waals surface area (Å²) in [6.07, 6.45) is 3.65. The fourth-order valence-electron chi connectivity index (χ4n) is 1.35. The molecule has 1 rings (SSSR count). The zero-order valence-electron chi connectivity index (χ0n) is 10.6. The van der Waals surface area contributed by atoms with E-state index >= 15 is 0 Å². The van der Waals surface area contributed by atoms with E-state index in [0.717, 1.165) is 6.54 Å². The predicted octanol–water partition coefficient (Wildman–Crippen LogP) is 1.89. The largest absolute Gasteiger partial charge is 0.389 e. The summed E-state index contributed by atoms with van der Waals surface area (Å²) in [7, 11) is 0. The van der Waals surface area contributed by atoms with Crippen molar-refractivity contribution in [2.24, 2.45) is 5.92 Å². The van der Waals surface area contributed by atoms with Gasteiger partial charge in [-0.25, -0.2) is 0 Å². The standard InChI is InChI=1S/C13H22N2O/c1-10(2)13(4,16)9-15-8-12-5-6-14-7-11(12)3/h5-7,10,15-16H,8-9H2,1-4H3. The molecule has 0 aliphatic carbocycles. The van der Waals surface area contributed by atoms with Gasteiger partial charge in [0.1, 0.15) is 0 Å². The maximum Gasteiger partial charge on any atom is 0.0766 e. The second kappa shape index (κ2) is 5.41. The molecule has 0 aliphatic heterocycles. The van der Waals surface area contributed by atoms with Crippen molar-refractivity contribution < 1.29 is 5.11 Å². The van der Waals surface area contributed by atoms with Crippen LogP contribution in [0.5, 0.6) is 0 Å². The van der Waals surface area contributed by atoms with E-state index in [1.54, 1.807) is 6.20 Å². The molecule has 0 aliphatic rings. The van der Waals surface area contributed by atoms with Crippen LogP contribution in [-0.4, -0.2) is 22.2 Å². The first kappa shape index (κ1) is 13.1. The van der Waals surface area contributed by atoms with Gasteiger partial charge >= 0.3 is 0 Å². The third kappa shape index (κ3) is 3.58. The molecule has 2 N–H and O–H groups in total. The number of hydrogen-bond acceptors (Lipinski definition) is 3. The molecule has 0 amide bonds. The number of aliphatic hydroxyl groups is 1. The Morgan fingerprint density at radius 1 is 1.50 bits per heavy atom. The minimum absolute atomic E-state index is 0.249. The van der Waals surface area contributed by atoms with Crippen molar-refractivity contribution in [1.29, 1.82) is 0 Å². The van der Waals surface area contributed by atoms with E-state index in [-0.39, 0.29) is 5.92 Å². The highest BCUT2D eigenvalue weighted by Crippen LogP contribution is 2.14. The second-order valence-electron chi connectivity index (χ2n) is 4.92. The summed E-state index contributed by atoms with van der Waals surface area (Å²) in [4.78, 5) is 4.05. The lowest BCUT2D eigenvalue weighted by molar-refractivity contribution is 0.0140. The normalized spacial score (nSPS) is 15.1. The summed E-state index contributed by atoms with van der Waals surface area (Å²) in [6.45, 7) is 9.34. The molecule has 1 atom stereocenters. The van der Waals surface area contributed by atoms with Gasteiger partial charge in [0.05, 0.1) is 5.60 Å². The fraction of sp³-hybridized carbons (Fsp3) is 0.615. The van der Waals surface area contributed by atoms with Crippen LogP contribution in [0, 0.1) is 12.8 Å². The summed E-state index contributed by atoms with van der Waals surface area (Å²) >= 11 is 0. The lowest BCUT2D eigenvalue weighted by Gasteiger charge is -2.28. The molecule has 1 aromatic rings. The Labute approximate surface area is 97.9 Å². The minimum Gasteiger partial charge on any atom is -0.389 e. The number of nitrogens with zero attached hydrogens (tertiary/aromatic N) is 1. The van der Waals surface area contributed by atoms with E-state index < -0.39 is 5.60 Å². The number of aromatic nitrogens is 1. The molecule has 3 nitrogen and oxygen atoms in total. The molecule has 16 heavy (non-hydrogen) atoms. The highest BCUT2D eigenvalue weighted by Gasteiger charge is 2.23. The molecule has 1 unspecified atom stereocenters. The number of rotatable bonds is 5. The lowest BCUT2D eigenvalue weighted by atomic mass is 9.92. The Balaban J connectivity index is 2.45. The predicted molar refractivity (Wildman–Crippen MR) is 66.1 cm³/mol. The molecule has 0 spiro atoms. The zero-order valence-corrected chi connectivity index (χ0v) is 10.6. The van der Waals surface area contributed by atoms with E-state index in [0.29, 0.717) is 6.54 Å². The maximum atomic E-state index is 10.1. The summed E-state index contributed by atoms with van der Waals surface area (Å²) < 4.78 is 0. The van der Waals surface area contributed by atoms with Crippen LogP contribution in [0.15, 0.2) is 18.5 Å². The van der Waals surface area contributed by atoms with Crippen LogP contribution in [0.1, 0.15) is 31.9 Å². The van der Waals surface area contributed by atoms with Gasteiger partial charge in [-0.3, -0.25) is 4.98 Å². The molecular weight excluding hydrogens is 200 g/mol. The third-order valence-corrected chi connectivity index (χ3v) is 3.18. The molecule has 0 saturated heterocycles. The van der Waals surface area contributed by atoms with Crippen LogP contribution in [0.4, 0.5) is 0 Å². The molecule has 3 heteroatoms. The van der Waals surface area contributed by atoms with Crippen LogP contribution in [-0.2, 0) is 6.54 Å². The highest BCUT2D eigenvalue weighted by molar-refractivity contribution is 5.21. The minimum atomic E-state index is -0.652. The van der Waals surface area contributed by atoms with Gasteiger partial charge in [0, 0.05) is 25.5 Å². The van der Waals surface area contributed by atoms with E-state index in [4.69, 9.17) is 0 Å². The van der Waals surface area contributed by atoms with Crippen LogP contribution in [0.2, 0.25) is 0 Å². The SMILES string of the molecule is Cc1cnccc1CNCC(C)(O)C(C)C. The van der Waals surface area contributed by atoms with Gasteiger partial charge < -0.3 is 10.4 Å². The quantitative estimate of drug-likeness (QED) is 0.799. The van der Waals surface area contributed by atoms with Gasteiger partial charge in [0.25, 0.3) is 0 Å². The molecule has 0 radical (unpaired) electrons. The van der Waals surface area contributed by atoms with Crippen LogP contribution in [0.3, 0.4) is 0 Å². The first-order chi connectivity index (χ1) is 7.43. The molecule has 0 bridgehead atoms. The van der Waals surface area contributed by atoms with Gasteiger partial charge in [-0.1, -0.05) is 13.8 Å². The summed E-state index contributed by atoms with van der Waals surface area (Å²) in [5.41, 5.74) is 1.76. The fourth-order valence-corrected chi connectivity index (χ4v) is 1.35. The zero-order chi connectivity index (χ0) is 12.2. The first-order valence-corrected chi connectivity index (χ1v) is 5.76. The van der Waals surface area contributed by atoms with Gasteiger partial charge in [-0.05, 0) is 37.0 Å². The topological polar surface area (TPSA) is 45.2 Å². The van der Waals surface area contributed by atoms with Crippen LogP contribution >= 0.6 is 0 Å². The Hall–Kier alpha value is -0.930. The molecule has 1 heterocycles. The number of aryl methyl sites for hydroxylation is 1. The van der Waals surface area contributed by atoms with E-state index in [9.17, 15) is 5.11 Å². The molecule has 0 saturated carbocycles. The highest BCUT2D eigenvalue weighted by atomic mass is 16.3. The van der Waals surface area contributed by atoms with Crippen molar-refractivity contribution in [2.75, 3.05) is 6.54 Å². The van der Waals surface area contributed by atoms with Crippen molar-refractivity contribution >= 4 is 0 Å². The Kier molecular flexibility index (Phi) is 4.44. The molecule has 90 valence electrons. The second-order valence-corrected chi connectivity index (χ2v) is 4.92. The van der Waals surface area contributed by atoms with Gasteiger partial charge in [0.15, 0.2) is 0 Å². The first-order valence-electron chi connectivity index (χ1n) is 5.76. The van der Waals surface area contributed by atoms with Crippen molar-refractivity contribution in [1.82, 2.24) is 10.3 Å². The van der Waals surface area contributed by atoms with Gasteiger partial charge in [0.2, 0.25) is 0 Å². The van der Waals surface area contributed by atoms with Crippen molar-refractivity contribution in [2.45, 2.75) is 39.8 Å². The van der Waals surface area contributed by atoms with Gasteiger partial charge in [-0.2, -0.15) is 0 Å². The van der Waals surface area contributed by atoms with E-state index in [2.05, 4.69) is 10.3 Å². The summed E-state index contributed by atoms with van der Waals surface area (Å²) in [6, 6.07) is 2.01. The molecule has 1 aromatic heterocycles. The Morgan fingerprint density at radius 3 is 2.75 bits per heavy atom. The van der Waals surface area contributed by atoms with Crippen LogP contribution < -0.4 is 5.32 Å². The molecule has 0 fully saturated rings. The average molecular weight is 222 g/mol. The molecular formula is C13H22N2O. The van der Waals surface area contributed by atoms with E-state index in [1.807, 2.05) is 40.0 Å². The van der Waals surface area contributed by atoms with E-state index in [1.165, 1.54) is 11.1 Å². The van der Waals surface area contributed by atoms with Crippen molar-refractivity contribution in [3.63, 3.8) is 0 Å².